The first-order valence-corrected chi connectivity index (χ1v) is 13.2. The highest BCUT2D eigenvalue weighted by Crippen LogP contribution is 2.26. The Bertz CT molecular complexity index is 1200. The van der Waals surface area contributed by atoms with Gasteiger partial charge in [-0.2, -0.15) is 0 Å². The average Bonchev–Trinajstić information content (AvgIpc) is 3.19. The van der Waals surface area contributed by atoms with Gasteiger partial charge in [-0.25, -0.2) is 8.42 Å². The van der Waals surface area contributed by atoms with E-state index in [2.05, 4.69) is 16.3 Å². The lowest BCUT2D eigenvalue weighted by molar-refractivity contribution is -0.128. The van der Waals surface area contributed by atoms with Gasteiger partial charge in [0.2, 0.25) is 5.91 Å². The van der Waals surface area contributed by atoms with E-state index in [0.717, 1.165) is 22.5 Å². The topological polar surface area (TPSA) is 85.2 Å². The number of benzene rings is 2. The number of sulfone groups is 1. The van der Waals surface area contributed by atoms with Crippen LogP contribution >= 0.6 is 11.8 Å². The summed E-state index contributed by atoms with van der Waals surface area (Å²) < 4.78 is 25.3. The van der Waals surface area contributed by atoms with Crippen LogP contribution in [0.1, 0.15) is 31.0 Å². The van der Waals surface area contributed by atoms with E-state index in [-0.39, 0.29) is 22.6 Å². The zero-order chi connectivity index (χ0) is 23.5. The van der Waals surface area contributed by atoms with Gasteiger partial charge < -0.3 is 9.47 Å². The molecule has 0 N–H and O–H groups in total. The summed E-state index contributed by atoms with van der Waals surface area (Å²) in [6, 6.07) is 14.6. The molecular formula is C23H28N4O3S2. The van der Waals surface area contributed by atoms with Gasteiger partial charge in [0.25, 0.3) is 0 Å². The highest BCUT2D eigenvalue weighted by atomic mass is 32.2. The number of aryl methyl sites for hydroxylation is 1. The zero-order valence-electron chi connectivity index (χ0n) is 18.9. The molecule has 32 heavy (non-hydrogen) atoms. The minimum atomic E-state index is -3.25. The van der Waals surface area contributed by atoms with E-state index >= 15 is 0 Å². The van der Waals surface area contributed by atoms with Crippen LogP contribution in [0.5, 0.6) is 0 Å². The predicted molar refractivity (Wildman–Crippen MR) is 127 cm³/mol. The van der Waals surface area contributed by atoms with E-state index in [4.69, 9.17) is 0 Å². The number of amides is 1. The Morgan fingerprint density at radius 3 is 2.44 bits per heavy atom. The molecule has 0 radical (unpaired) electrons. The lowest BCUT2D eigenvalue weighted by Gasteiger charge is -2.25. The first-order valence-electron chi connectivity index (χ1n) is 10.3. The van der Waals surface area contributed by atoms with Gasteiger partial charge in [0, 0.05) is 25.4 Å². The van der Waals surface area contributed by atoms with Crippen LogP contribution in [0.3, 0.4) is 0 Å². The molecule has 1 atom stereocenters. The molecular weight excluding hydrogens is 444 g/mol. The van der Waals surface area contributed by atoms with Crippen LogP contribution in [0.2, 0.25) is 0 Å². The molecule has 0 aliphatic rings. The van der Waals surface area contributed by atoms with Crippen LogP contribution in [-0.2, 0) is 21.2 Å². The standard InChI is InChI=1S/C23H28N4O3S2/c1-6-27-22(19-9-7-8-16(2)14-19)24-25-23(27)31-15-21(28)26(4)17(3)18-10-12-20(13-11-18)32(5,29)30/h7-14,17H,6,15H2,1-5H3. The van der Waals surface area contributed by atoms with Gasteiger partial charge in [0.05, 0.1) is 16.7 Å². The van der Waals surface area contributed by atoms with Crippen LogP contribution in [0.15, 0.2) is 58.6 Å². The maximum absolute atomic E-state index is 12.8. The molecule has 1 heterocycles. The van der Waals surface area contributed by atoms with Crippen molar-refractivity contribution in [1.29, 1.82) is 0 Å². The Balaban J connectivity index is 1.69. The fraction of sp³-hybridized carbons (Fsp3) is 0.348. The lowest BCUT2D eigenvalue weighted by Crippen LogP contribution is -2.31. The second kappa shape index (κ2) is 9.87. The van der Waals surface area contributed by atoms with Gasteiger partial charge in [0.1, 0.15) is 0 Å². The largest absolute Gasteiger partial charge is 0.338 e. The molecule has 2 aromatic carbocycles. The minimum Gasteiger partial charge on any atom is -0.338 e. The minimum absolute atomic E-state index is 0.0440. The summed E-state index contributed by atoms with van der Waals surface area (Å²) in [4.78, 5) is 14.8. The lowest BCUT2D eigenvalue weighted by atomic mass is 10.1. The van der Waals surface area contributed by atoms with E-state index in [0.29, 0.717) is 11.7 Å². The fourth-order valence-electron chi connectivity index (χ4n) is 3.34. The Morgan fingerprint density at radius 2 is 1.84 bits per heavy atom. The smallest absolute Gasteiger partial charge is 0.233 e. The van der Waals surface area contributed by atoms with Crippen molar-refractivity contribution in [3.63, 3.8) is 0 Å². The van der Waals surface area contributed by atoms with Crippen molar-refractivity contribution in [3.05, 3.63) is 59.7 Å². The van der Waals surface area contributed by atoms with E-state index in [1.165, 1.54) is 18.0 Å². The Labute approximate surface area is 193 Å². The molecule has 9 heteroatoms. The van der Waals surface area contributed by atoms with Crippen molar-refractivity contribution in [3.8, 4) is 11.4 Å². The number of aromatic nitrogens is 3. The van der Waals surface area contributed by atoms with Gasteiger partial charge in [-0.3, -0.25) is 4.79 Å². The van der Waals surface area contributed by atoms with E-state index in [9.17, 15) is 13.2 Å². The third-order valence-corrected chi connectivity index (χ3v) is 7.48. The number of rotatable bonds is 8. The third kappa shape index (κ3) is 5.39. The van der Waals surface area contributed by atoms with Crippen LogP contribution in [0.4, 0.5) is 0 Å². The van der Waals surface area contributed by atoms with E-state index < -0.39 is 9.84 Å². The summed E-state index contributed by atoms with van der Waals surface area (Å²) in [6.45, 7) is 6.69. The van der Waals surface area contributed by atoms with Crippen molar-refractivity contribution in [2.24, 2.45) is 0 Å². The van der Waals surface area contributed by atoms with Gasteiger partial charge in [-0.05, 0) is 44.5 Å². The van der Waals surface area contributed by atoms with Crippen molar-refractivity contribution in [2.75, 3.05) is 19.1 Å². The number of carbonyl (C=O) groups excluding carboxylic acids is 1. The molecule has 0 saturated carbocycles. The molecule has 1 amide bonds. The fourth-order valence-corrected chi connectivity index (χ4v) is 4.90. The number of hydrogen-bond acceptors (Lipinski definition) is 6. The Morgan fingerprint density at radius 1 is 1.16 bits per heavy atom. The van der Waals surface area contributed by atoms with Crippen molar-refractivity contribution in [2.45, 2.75) is 43.4 Å². The number of hydrogen-bond donors (Lipinski definition) is 0. The Hall–Kier alpha value is -2.65. The highest BCUT2D eigenvalue weighted by molar-refractivity contribution is 7.99. The van der Waals surface area contributed by atoms with Gasteiger partial charge >= 0.3 is 0 Å². The van der Waals surface area contributed by atoms with Crippen LogP contribution in [-0.4, -0.2) is 53.0 Å². The van der Waals surface area contributed by atoms with E-state index in [1.54, 1.807) is 36.2 Å². The molecule has 170 valence electrons. The molecule has 0 aliphatic heterocycles. The molecule has 0 fully saturated rings. The van der Waals surface area contributed by atoms with Gasteiger partial charge in [-0.1, -0.05) is 47.7 Å². The molecule has 1 unspecified atom stereocenters. The maximum atomic E-state index is 12.8. The summed E-state index contributed by atoms with van der Waals surface area (Å²) in [6.07, 6.45) is 1.18. The third-order valence-electron chi connectivity index (χ3n) is 5.40. The van der Waals surface area contributed by atoms with Crippen molar-refractivity contribution in [1.82, 2.24) is 19.7 Å². The average molecular weight is 473 g/mol. The quantitative estimate of drug-likeness (QED) is 0.461. The summed E-state index contributed by atoms with van der Waals surface area (Å²) in [7, 11) is -1.50. The van der Waals surface area contributed by atoms with Gasteiger partial charge in [-0.15, -0.1) is 10.2 Å². The summed E-state index contributed by atoms with van der Waals surface area (Å²) >= 11 is 1.37. The van der Waals surface area contributed by atoms with Crippen LogP contribution in [0, 0.1) is 6.92 Å². The molecule has 3 aromatic rings. The first kappa shape index (κ1) is 24.0. The summed E-state index contributed by atoms with van der Waals surface area (Å²) in [5.41, 5.74) is 3.02. The van der Waals surface area contributed by atoms with E-state index in [1.807, 2.05) is 43.5 Å². The number of carbonyl (C=O) groups is 1. The SMILES string of the molecule is CCn1c(SCC(=O)N(C)C(C)c2ccc(S(C)(=O)=O)cc2)nnc1-c1cccc(C)c1. The normalized spacial score (nSPS) is 12.5. The zero-order valence-corrected chi connectivity index (χ0v) is 20.6. The van der Waals surface area contributed by atoms with Crippen molar-refractivity contribution < 1.29 is 13.2 Å². The molecule has 1 aromatic heterocycles. The summed E-state index contributed by atoms with van der Waals surface area (Å²) in [5.74, 6) is 0.977. The van der Waals surface area contributed by atoms with Crippen LogP contribution in [0.25, 0.3) is 11.4 Å². The predicted octanol–water partition coefficient (Wildman–Crippen LogP) is 3.99. The molecule has 0 bridgehead atoms. The Kier molecular flexibility index (Phi) is 7.40. The molecule has 0 aliphatic carbocycles. The highest BCUT2D eigenvalue weighted by Gasteiger charge is 2.20. The summed E-state index contributed by atoms with van der Waals surface area (Å²) in [5, 5.41) is 9.36. The van der Waals surface area contributed by atoms with Gasteiger partial charge in [0.15, 0.2) is 20.8 Å². The second-order valence-electron chi connectivity index (χ2n) is 7.73. The first-order chi connectivity index (χ1) is 15.1. The monoisotopic (exact) mass is 472 g/mol. The number of thioether (sulfide) groups is 1. The van der Waals surface area contributed by atoms with Crippen LogP contribution < -0.4 is 0 Å². The molecule has 0 spiro atoms. The second-order valence-corrected chi connectivity index (χ2v) is 10.7. The molecule has 0 saturated heterocycles. The maximum Gasteiger partial charge on any atom is 0.233 e. The molecule has 3 rings (SSSR count). The van der Waals surface area contributed by atoms with Crippen molar-refractivity contribution >= 4 is 27.5 Å². The number of nitrogens with zero attached hydrogens (tertiary/aromatic N) is 4. The molecule has 7 nitrogen and oxygen atoms in total.